The maximum Gasteiger partial charge on any atom is 0.276 e. The van der Waals surface area contributed by atoms with Gasteiger partial charge in [0.2, 0.25) is 0 Å². The molecule has 2 aliphatic rings. The van der Waals surface area contributed by atoms with Crippen molar-refractivity contribution in [2.24, 2.45) is 5.92 Å². The average Bonchev–Trinajstić information content (AvgIpc) is 3.51. The van der Waals surface area contributed by atoms with E-state index in [4.69, 9.17) is 21.7 Å². The first-order valence-corrected chi connectivity index (χ1v) is 12.5. The first-order chi connectivity index (χ1) is 15.9. The molecule has 0 radical (unpaired) electrons. The Balaban J connectivity index is 1.45. The van der Waals surface area contributed by atoms with Crippen molar-refractivity contribution < 1.29 is 4.79 Å². The second-order valence-electron chi connectivity index (χ2n) is 9.56. The van der Waals surface area contributed by atoms with Crippen molar-refractivity contribution in [3.63, 3.8) is 0 Å². The second-order valence-corrected chi connectivity index (χ2v) is 9.97. The van der Waals surface area contributed by atoms with Gasteiger partial charge in [0.1, 0.15) is 5.82 Å². The number of aromatic nitrogens is 5. The van der Waals surface area contributed by atoms with Gasteiger partial charge in [0.25, 0.3) is 5.91 Å². The number of aryl methyl sites for hydroxylation is 2. The standard InChI is InChI=1S/C24H32ClN7O/c1-4-9-30-15-18(25)22(28-30)24(33)31-10-6-5-7-20(31)19-12-21-26-23(17(3)14-32(21)27-19)29-11-8-16(2)13-29/h12,14-16,20H,4-11,13H2,1-3H3/t16-,20-/m0/s1. The lowest BCUT2D eigenvalue weighted by Gasteiger charge is -2.34. The molecule has 5 heterocycles. The molecule has 0 aromatic carbocycles. The number of carbonyl (C=O) groups is 1. The number of hydrogen-bond donors (Lipinski definition) is 0. The lowest BCUT2D eigenvalue weighted by atomic mass is 9.99. The molecule has 1 amide bonds. The highest BCUT2D eigenvalue weighted by Crippen LogP contribution is 2.33. The third-order valence-electron chi connectivity index (χ3n) is 6.82. The van der Waals surface area contributed by atoms with Crippen LogP contribution in [0, 0.1) is 12.8 Å². The van der Waals surface area contributed by atoms with Crippen molar-refractivity contribution in [2.75, 3.05) is 24.5 Å². The highest BCUT2D eigenvalue weighted by molar-refractivity contribution is 6.33. The third kappa shape index (κ3) is 4.21. The summed E-state index contributed by atoms with van der Waals surface area (Å²) in [7, 11) is 0. The summed E-state index contributed by atoms with van der Waals surface area (Å²) in [6.45, 7) is 9.97. The fourth-order valence-corrected chi connectivity index (χ4v) is 5.36. The van der Waals surface area contributed by atoms with E-state index in [2.05, 4.69) is 37.0 Å². The van der Waals surface area contributed by atoms with Gasteiger partial charge in [0.15, 0.2) is 11.3 Å². The monoisotopic (exact) mass is 469 g/mol. The van der Waals surface area contributed by atoms with E-state index in [1.807, 2.05) is 15.5 Å². The van der Waals surface area contributed by atoms with Gasteiger partial charge in [-0.3, -0.25) is 9.48 Å². The van der Waals surface area contributed by atoms with Gasteiger partial charge in [-0.25, -0.2) is 9.50 Å². The van der Waals surface area contributed by atoms with E-state index in [1.165, 1.54) is 6.42 Å². The molecule has 8 nitrogen and oxygen atoms in total. The van der Waals surface area contributed by atoms with Crippen LogP contribution in [0.1, 0.15) is 73.7 Å². The Morgan fingerprint density at radius 2 is 2.03 bits per heavy atom. The zero-order valence-corrected chi connectivity index (χ0v) is 20.4. The van der Waals surface area contributed by atoms with Gasteiger partial charge in [-0.2, -0.15) is 10.2 Å². The summed E-state index contributed by atoms with van der Waals surface area (Å²) >= 11 is 6.39. The van der Waals surface area contributed by atoms with Gasteiger partial charge in [0, 0.05) is 50.2 Å². The van der Waals surface area contributed by atoms with E-state index in [0.717, 1.165) is 68.0 Å². The number of nitrogens with zero attached hydrogens (tertiary/aromatic N) is 7. The first kappa shape index (κ1) is 22.2. The largest absolute Gasteiger partial charge is 0.356 e. The van der Waals surface area contributed by atoms with Gasteiger partial charge in [0.05, 0.1) is 16.8 Å². The van der Waals surface area contributed by atoms with Gasteiger partial charge in [-0.15, -0.1) is 0 Å². The molecule has 0 aliphatic carbocycles. The summed E-state index contributed by atoms with van der Waals surface area (Å²) < 4.78 is 3.61. The lowest BCUT2D eigenvalue weighted by Crippen LogP contribution is -2.39. The molecule has 0 saturated carbocycles. The Hall–Kier alpha value is -2.61. The van der Waals surface area contributed by atoms with Crippen LogP contribution in [0.15, 0.2) is 18.5 Å². The van der Waals surface area contributed by atoms with Crippen LogP contribution in [0.5, 0.6) is 0 Å². The molecule has 0 N–H and O–H groups in total. The van der Waals surface area contributed by atoms with E-state index in [9.17, 15) is 4.79 Å². The number of anilines is 1. The van der Waals surface area contributed by atoms with Gasteiger partial charge < -0.3 is 9.80 Å². The summed E-state index contributed by atoms with van der Waals surface area (Å²) in [6.07, 6.45) is 8.84. The number of likely N-dealkylation sites (tertiary alicyclic amines) is 1. The number of amides is 1. The van der Waals surface area contributed by atoms with Crippen LogP contribution < -0.4 is 4.90 Å². The molecule has 0 unspecified atom stereocenters. The zero-order chi connectivity index (χ0) is 23.1. The second kappa shape index (κ2) is 8.97. The Labute approximate surface area is 199 Å². The summed E-state index contributed by atoms with van der Waals surface area (Å²) in [6, 6.07) is 1.94. The fraction of sp³-hybridized carbons (Fsp3) is 0.583. The van der Waals surface area contributed by atoms with Crippen LogP contribution in [0.25, 0.3) is 5.65 Å². The summed E-state index contributed by atoms with van der Waals surface area (Å²) in [4.78, 5) is 22.7. The van der Waals surface area contributed by atoms with Crippen LogP contribution >= 0.6 is 11.6 Å². The van der Waals surface area contributed by atoms with Crippen LogP contribution in [0.2, 0.25) is 5.02 Å². The van der Waals surface area contributed by atoms with E-state index < -0.39 is 0 Å². The SMILES string of the molecule is CCCn1cc(Cl)c(C(=O)N2CCCC[C@H]2c2cc3nc(N4CC[C@H](C)C4)c(C)cn3n2)n1. The summed E-state index contributed by atoms with van der Waals surface area (Å²) in [5, 5.41) is 9.73. The highest BCUT2D eigenvalue weighted by Gasteiger charge is 2.33. The topological polar surface area (TPSA) is 71.6 Å². The van der Waals surface area contributed by atoms with Crippen molar-refractivity contribution in [3.05, 3.63) is 40.4 Å². The molecule has 3 aromatic heterocycles. The minimum atomic E-state index is -0.118. The van der Waals surface area contributed by atoms with E-state index >= 15 is 0 Å². The number of fused-ring (bicyclic) bond motifs is 1. The molecule has 2 aliphatic heterocycles. The van der Waals surface area contributed by atoms with Crippen LogP contribution in [0.3, 0.4) is 0 Å². The van der Waals surface area contributed by atoms with E-state index in [1.54, 1.807) is 10.9 Å². The smallest absolute Gasteiger partial charge is 0.276 e. The van der Waals surface area contributed by atoms with Crippen molar-refractivity contribution in [1.29, 1.82) is 0 Å². The number of carbonyl (C=O) groups excluding carboxylic acids is 1. The van der Waals surface area contributed by atoms with Crippen molar-refractivity contribution in [3.8, 4) is 0 Å². The lowest BCUT2D eigenvalue weighted by molar-refractivity contribution is 0.0598. The molecule has 5 rings (SSSR count). The van der Waals surface area contributed by atoms with Gasteiger partial charge in [-0.05, 0) is 44.9 Å². The van der Waals surface area contributed by atoms with Crippen molar-refractivity contribution >= 4 is 29.0 Å². The molecule has 176 valence electrons. The molecule has 2 saturated heterocycles. The fourth-order valence-electron chi connectivity index (χ4n) is 5.13. The van der Waals surface area contributed by atoms with Gasteiger partial charge >= 0.3 is 0 Å². The summed E-state index contributed by atoms with van der Waals surface area (Å²) in [5.41, 5.74) is 3.16. The minimum absolute atomic E-state index is 0.101. The molecule has 9 heteroatoms. The molecule has 33 heavy (non-hydrogen) atoms. The van der Waals surface area contributed by atoms with Crippen LogP contribution in [-0.4, -0.2) is 54.8 Å². The first-order valence-electron chi connectivity index (χ1n) is 12.1. The zero-order valence-electron chi connectivity index (χ0n) is 19.7. The average molecular weight is 470 g/mol. The van der Waals surface area contributed by atoms with E-state index in [-0.39, 0.29) is 11.9 Å². The predicted molar refractivity (Wildman–Crippen MR) is 129 cm³/mol. The molecule has 0 bridgehead atoms. The maximum atomic E-state index is 13.5. The normalized spacial score (nSPS) is 21.3. The van der Waals surface area contributed by atoms with Crippen molar-refractivity contribution in [2.45, 2.75) is 65.5 Å². The number of piperidine rings is 1. The molecule has 3 aromatic rings. The number of rotatable bonds is 5. The Bertz CT molecular complexity index is 1170. The Morgan fingerprint density at radius 3 is 2.79 bits per heavy atom. The molecule has 2 atom stereocenters. The molecular weight excluding hydrogens is 438 g/mol. The number of halogens is 1. The van der Waals surface area contributed by atoms with Crippen LogP contribution in [-0.2, 0) is 6.54 Å². The van der Waals surface area contributed by atoms with Crippen molar-refractivity contribution in [1.82, 2.24) is 29.3 Å². The maximum absolute atomic E-state index is 13.5. The predicted octanol–water partition coefficient (Wildman–Crippen LogP) is 4.51. The highest BCUT2D eigenvalue weighted by atomic mass is 35.5. The minimum Gasteiger partial charge on any atom is -0.356 e. The van der Waals surface area contributed by atoms with Crippen LogP contribution in [0.4, 0.5) is 5.82 Å². The quantitative estimate of drug-likeness (QED) is 0.549. The number of hydrogen-bond acceptors (Lipinski definition) is 5. The molecular formula is C24H32ClN7O. The Kier molecular flexibility index (Phi) is 6.03. The third-order valence-corrected chi connectivity index (χ3v) is 7.10. The van der Waals surface area contributed by atoms with Gasteiger partial charge in [-0.1, -0.05) is 25.4 Å². The summed E-state index contributed by atoms with van der Waals surface area (Å²) in [5.74, 6) is 1.62. The molecule has 0 spiro atoms. The Morgan fingerprint density at radius 1 is 1.18 bits per heavy atom. The van der Waals surface area contributed by atoms with E-state index in [0.29, 0.717) is 23.2 Å². The molecule has 2 fully saturated rings.